The Morgan fingerprint density at radius 3 is 2.30 bits per heavy atom. The zero-order valence-electron chi connectivity index (χ0n) is 19.6. The molecule has 0 saturated carbocycles. The van der Waals surface area contributed by atoms with Crippen LogP contribution in [-0.4, -0.2) is 33.1 Å². The molecule has 0 radical (unpaired) electrons. The van der Waals surface area contributed by atoms with Crippen LogP contribution in [0.3, 0.4) is 0 Å². The number of benzene rings is 1. The Labute approximate surface area is 194 Å². The molecular weight excluding hydrogens is 426 g/mol. The van der Waals surface area contributed by atoms with Gasteiger partial charge in [-0.25, -0.2) is 15.0 Å². The highest BCUT2D eigenvalue weighted by Gasteiger charge is 2.22. The molecule has 0 aliphatic carbocycles. The summed E-state index contributed by atoms with van der Waals surface area (Å²) in [6, 6.07) is 5.91. The van der Waals surface area contributed by atoms with E-state index in [1.807, 2.05) is 26.8 Å². The van der Waals surface area contributed by atoms with E-state index in [0.717, 1.165) is 27.9 Å². The highest BCUT2D eigenvalue weighted by Crippen LogP contribution is 2.39. The van der Waals surface area contributed by atoms with E-state index in [9.17, 15) is 10.4 Å². The number of aryl methyl sites for hydroxylation is 2. The summed E-state index contributed by atoms with van der Waals surface area (Å²) in [4.78, 5) is 16.7. The molecule has 0 amide bonds. The number of phenols is 1. The number of nitrogens with one attached hydrogen (secondary N) is 1. The van der Waals surface area contributed by atoms with Gasteiger partial charge in [0.1, 0.15) is 31.4 Å². The number of fused-ring (bicyclic) bond motifs is 1. The lowest BCUT2D eigenvalue weighted by Gasteiger charge is -2.13. The third-order valence-corrected chi connectivity index (χ3v) is 6.36. The van der Waals surface area contributed by atoms with Gasteiger partial charge in [-0.1, -0.05) is 31.6 Å². The number of pyridine rings is 1. The Hall–Kier alpha value is -3.94. The highest BCUT2D eigenvalue weighted by atomic mass is 28.3. The van der Waals surface area contributed by atoms with E-state index in [2.05, 4.69) is 57.1 Å². The van der Waals surface area contributed by atoms with E-state index in [0.29, 0.717) is 33.5 Å². The smallest absolute Gasteiger partial charge is 0.140 e. The summed E-state index contributed by atoms with van der Waals surface area (Å²) in [5.41, 5.74) is 9.92. The van der Waals surface area contributed by atoms with Crippen molar-refractivity contribution < 1.29 is 5.11 Å². The number of hydrogen-bond donors (Lipinski definition) is 2. The first-order chi connectivity index (χ1) is 15.6. The molecule has 33 heavy (non-hydrogen) atoms. The fourth-order valence-corrected chi connectivity index (χ4v) is 4.32. The van der Waals surface area contributed by atoms with Crippen molar-refractivity contribution in [1.82, 2.24) is 19.9 Å². The molecule has 0 spiro atoms. The van der Waals surface area contributed by atoms with E-state index in [1.165, 1.54) is 0 Å². The van der Waals surface area contributed by atoms with Crippen molar-refractivity contribution in [1.29, 1.82) is 5.26 Å². The van der Waals surface area contributed by atoms with Gasteiger partial charge in [-0.05, 0) is 43.5 Å². The minimum absolute atomic E-state index is 0.185. The lowest BCUT2D eigenvalue weighted by atomic mass is 9.91. The number of aromatic nitrogens is 4. The fraction of sp³-hybridized carbons (Fsp3) is 0.231. The third kappa shape index (κ3) is 4.11. The third-order valence-electron chi connectivity index (χ3n) is 5.48. The van der Waals surface area contributed by atoms with E-state index < -0.39 is 8.07 Å². The zero-order valence-corrected chi connectivity index (χ0v) is 20.6. The van der Waals surface area contributed by atoms with Gasteiger partial charge < -0.3 is 10.1 Å². The standard InChI is InChI=1S/C26H25N5OSi/c1-15-7-8-22(32)16(2)23(15)21-14-30-26-24(20(21)11-27)19(9-10-33(4,5)6)25(31-26)18-12-28-17(3)29-13-18/h7-8,12-14,32H,1-6H3,(H,30,31). The number of aromatic hydroxyl groups is 1. The topological polar surface area (TPSA) is 98.5 Å². The second-order valence-corrected chi connectivity index (χ2v) is 13.9. The normalized spacial score (nSPS) is 11.2. The van der Waals surface area contributed by atoms with Crippen LogP contribution in [-0.2, 0) is 0 Å². The van der Waals surface area contributed by atoms with Crippen LogP contribution in [0.1, 0.15) is 28.1 Å². The van der Waals surface area contributed by atoms with Crippen LogP contribution >= 0.6 is 0 Å². The molecule has 0 atom stereocenters. The van der Waals surface area contributed by atoms with Crippen LogP contribution in [0.4, 0.5) is 0 Å². The number of H-pyrrole nitrogens is 1. The molecule has 164 valence electrons. The minimum atomic E-state index is -1.71. The van der Waals surface area contributed by atoms with Crippen molar-refractivity contribution in [3.63, 3.8) is 0 Å². The number of rotatable bonds is 2. The average Bonchev–Trinajstić information content (AvgIpc) is 3.13. The highest BCUT2D eigenvalue weighted by molar-refractivity contribution is 6.83. The largest absolute Gasteiger partial charge is 0.508 e. The number of nitriles is 1. The van der Waals surface area contributed by atoms with Gasteiger partial charge in [0.25, 0.3) is 0 Å². The molecule has 1 aromatic carbocycles. The van der Waals surface area contributed by atoms with Gasteiger partial charge in [0, 0.05) is 29.7 Å². The van der Waals surface area contributed by atoms with Crippen LogP contribution in [0, 0.1) is 43.6 Å². The lowest BCUT2D eigenvalue weighted by Crippen LogP contribution is -2.16. The number of phenolic OH excluding ortho intramolecular Hbond substituents is 1. The van der Waals surface area contributed by atoms with Gasteiger partial charge in [0.2, 0.25) is 0 Å². The first-order valence-electron chi connectivity index (χ1n) is 10.7. The molecule has 0 saturated heterocycles. The number of aromatic amines is 1. The molecule has 4 aromatic rings. The van der Waals surface area contributed by atoms with E-state index in [4.69, 9.17) is 0 Å². The quantitative estimate of drug-likeness (QED) is 0.313. The van der Waals surface area contributed by atoms with E-state index in [-0.39, 0.29) is 5.75 Å². The van der Waals surface area contributed by atoms with Crippen LogP contribution in [0.15, 0.2) is 30.7 Å². The second-order valence-electron chi connectivity index (χ2n) is 9.18. The molecule has 4 rings (SSSR count). The lowest BCUT2D eigenvalue weighted by molar-refractivity contribution is 0.471. The maximum Gasteiger partial charge on any atom is 0.140 e. The van der Waals surface area contributed by atoms with Crippen molar-refractivity contribution in [3.05, 3.63) is 58.8 Å². The molecule has 0 unspecified atom stereocenters. The molecule has 0 aliphatic rings. The van der Waals surface area contributed by atoms with E-state index in [1.54, 1.807) is 24.7 Å². The minimum Gasteiger partial charge on any atom is -0.508 e. The van der Waals surface area contributed by atoms with Gasteiger partial charge in [0.05, 0.1) is 22.2 Å². The molecule has 6 nitrogen and oxygen atoms in total. The first kappa shape index (κ1) is 22.3. The first-order valence-corrected chi connectivity index (χ1v) is 14.2. The summed E-state index contributed by atoms with van der Waals surface area (Å²) in [6.07, 6.45) is 5.20. The average molecular weight is 452 g/mol. The number of nitrogens with zero attached hydrogens (tertiary/aromatic N) is 4. The Morgan fingerprint density at radius 1 is 0.970 bits per heavy atom. The van der Waals surface area contributed by atoms with Gasteiger partial charge in [-0.2, -0.15) is 5.26 Å². The van der Waals surface area contributed by atoms with Crippen LogP contribution < -0.4 is 0 Å². The number of hydrogen-bond acceptors (Lipinski definition) is 5. The summed E-state index contributed by atoms with van der Waals surface area (Å²) in [7, 11) is -1.71. The fourth-order valence-electron chi connectivity index (χ4n) is 3.82. The van der Waals surface area contributed by atoms with Crippen molar-refractivity contribution in [2.24, 2.45) is 0 Å². The van der Waals surface area contributed by atoms with Gasteiger partial charge >= 0.3 is 0 Å². The summed E-state index contributed by atoms with van der Waals surface area (Å²) in [6.45, 7) is 12.2. The molecule has 0 fully saturated rings. The van der Waals surface area contributed by atoms with Crippen LogP contribution in [0.2, 0.25) is 19.6 Å². The van der Waals surface area contributed by atoms with Crippen molar-refractivity contribution in [2.45, 2.75) is 40.4 Å². The van der Waals surface area contributed by atoms with Gasteiger partial charge in [-0.3, -0.25) is 0 Å². The molecular formula is C26H25N5OSi. The van der Waals surface area contributed by atoms with Gasteiger partial charge in [0.15, 0.2) is 0 Å². The van der Waals surface area contributed by atoms with Crippen molar-refractivity contribution >= 4 is 19.1 Å². The van der Waals surface area contributed by atoms with Crippen molar-refractivity contribution in [3.8, 4) is 45.7 Å². The summed E-state index contributed by atoms with van der Waals surface area (Å²) < 4.78 is 0. The zero-order chi connectivity index (χ0) is 23.9. The van der Waals surface area contributed by atoms with Crippen LogP contribution in [0.5, 0.6) is 5.75 Å². The molecule has 0 bridgehead atoms. The summed E-state index contributed by atoms with van der Waals surface area (Å²) >= 11 is 0. The van der Waals surface area contributed by atoms with E-state index >= 15 is 0 Å². The Bertz CT molecular complexity index is 1490. The van der Waals surface area contributed by atoms with Crippen molar-refractivity contribution in [2.75, 3.05) is 0 Å². The molecule has 0 aliphatic heterocycles. The Morgan fingerprint density at radius 2 is 1.67 bits per heavy atom. The molecule has 3 aromatic heterocycles. The van der Waals surface area contributed by atoms with Gasteiger partial charge in [-0.15, -0.1) is 5.54 Å². The molecule has 2 N–H and O–H groups in total. The molecule has 7 heteroatoms. The maximum atomic E-state index is 10.3. The maximum absolute atomic E-state index is 10.3. The Balaban J connectivity index is 2.12. The van der Waals surface area contributed by atoms with Crippen LogP contribution in [0.25, 0.3) is 33.4 Å². The second kappa shape index (κ2) is 8.20. The predicted molar refractivity (Wildman–Crippen MR) is 133 cm³/mol. The summed E-state index contributed by atoms with van der Waals surface area (Å²) in [5.74, 6) is 4.23. The summed E-state index contributed by atoms with van der Waals surface area (Å²) in [5, 5.41) is 21.3. The predicted octanol–water partition coefficient (Wildman–Crippen LogP) is 5.42. The molecule has 3 heterocycles. The monoisotopic (exact) mass is 451 g/mol. The Kier molecular flexibility index (Phi) is 5.53. The SMILES string of the molecule is Cc1ncc(-c2[nH]c3ncc(-c4c(C)ccc(O)c4C)c(C#N)c3c2C#C[Si](C)(C)C)cn1.